The summed E-state index contributed by atoms with van der Waals surface area (Å²) in [7, 11) is -3.74. The number of hydrogen-bond donors (Lipinski definition) is 3. The van der Waals surface area contributed by atoms with Crippen LogP contribution >= 0.6 is 11.3 Å². The highest BCUT2D eigenvalue weighted by molar-refractivity contribution is 7.89. The molecule has 0 aromatic carbocycles. The first kappa shape index (κ1) is 14.7. The highest BCUT2D eigenvalue weighted by Gasteiger charge is 2.19. The fourth-order valence-electron chi connectivity index (χ4n) is 1.57. The average molecular weight is 314 g/mol. The van der Waals surface area contributed by atoms with Gasteiger partial charge in [-0.3, -0.25) is 4.79 Å². The summed E-state index contributed by atoms with van der Waals surface area (Å²) >= 11 is 0.988. The van der Waals surface area contributed by atoms with E-state index in [9.17, 15) is 13.2 Å². The Hall–Kier alpha value is -1.71. The molecule has 0 atom stereocenters. The van der Waals surface area contributed by atoms with Crippen molar-refractivity contribution in [2.45, 2.75) is 18.5 Å². The molecule has 0 fully saturated rings. The molecule has 2 aromatic heterocycles. The van der Waals surface area contributed by atoms with Crippen LogP contribution in [0.15, 0.2) is 33.5 Å². The molecule has 0 amide bonds. The first-order valence-electron chi connectivity index (χ1n) is 5.88. The van der Waals surface area contributed by atoms with E-state index in [4.69, 9.17) is 0 Å². The standard InChI is InChI=1S/C11H14N4O3S2/c1-2-12-9-4-3-5-13-10(9)20(17,18)14-6-8-7-19-11(16)15-8/h3-5,7,12,14H,2,6H2,1H3,(H,15,16). The summed E-state index contributed by atoms with van der Waals surface area (Å²) < 4.78 is 26.8. The summed E-state index contributed by atoms with van der Waals surface area (Å²) in [5.41, 5.74) is 0.964. The number of pyridine rings is 1. The third kappa shape index (κ3) is 3.44. The van der Waals surface area contributed by atoms with Gasteiger partial charge in [-0.15, -0.1) is 0 Å². The maximum Gasteiger partial charge on any atom is 0.304 e. The first-order chi connectivity index (χ1) is 9.53. The Bertz CT molecular complexity index is 736. The second-order valence-corrected chi connectivity index (χ2v) is 6.41. The molecule has 2 aromatic rings. The highest BCUT2D eigenvalue weighted by atomic mass is 32.2. The van der Waals surface area contributed by atoms with Crippen LogP contribution in [0.4, 0.5) is 5.69 Å². The lowest BCUT2D eigenvalue weighted by Crippen LogP contribution is -2.25. The van der Waals surface area contributed by atoms with Gasteiger partial charge in [0.05, 0.1) is 12.2 Å². The third-order valence-electron chi connectivity index (χ3n) is 2.42. The smallest absolute Gasteiger partial charge is 0.304 e. The summed E-state index contributed by atoms with van der Waals surface area (Å²) in [6.07, 6.45) is 1.42. The molecule has 0 bridgehead atoms. The van der Waals surface area contributed by atoms with E-state index < -0.39 is 10.0 Å². The second-order valence-electron chi connectivity index (χ2n) is 3.88. The van der Waals surface area contributed by atoms with E-state index in [-0.39, 0.29) is 16.4 Å². The minimum absolute atomic E-state index is 0.0171. The van der Waals surface area contributed by atoms with Crippen molar-refractivity contribution >= 4 is 27.0 Å². The predicted molar refractivity (Wildman–Crippen MR) is 77.4 cm³/mol. The molecule has 20 heavy (non-hydrogen) atoms. The van der Waals surface area contributed by atoms with E-state index in [2.05, 4.69) is 20.0 Å². The number of nitrogens with one attached hydrogen (secondary N) is 3. The van der Waals surface area contributed by atoms with Gasteiger partial charge in [0, 0.05) is 23.8 Å². The van der Waals surface area contributed by atoms with E-state index in [1.54, 1.807) is 17.5 Å². The van der Waals surface area contributed by atoms with Crippen LogP contribution in [0.3, 0.4) is 0 Å². The topological polar surface area (TPSA) is 104 Å². The first-order valence-corrected chi connectivity index (χ1v) is 8.24. The number of aromatic nitrogens is 2. The van der Waals surface area contributed by atoms with Crippen molar-refractivity contribution in [1.82, 2.24) is 14.7 Å². The summed E-state index contributed by atoms with van der Waals surface area (Å²) in [5.74, 6) is 0. The van der Waals surface area contributed by atoms with E-state index >= 15 is 0 Å². The maximum absolute atomic E-state index is 12.2. The van der Waals surface area contributed by atoms with Crippen molar-refractivity contribution in [2.24, 2.45) is 0 Å². The Kier molecular flexibility index (Phi) is 4.53. The zero-order valence-corrected chi connectivity index (χ0v) is 12.3. The molecule has 0 aliphatic heterocycles. The zero-order valence-electron chi connectivity index (χ0n) is 10.7. The normalized spacial score (nSPS) is 11.4. The number of anilines is 1. The number of aromatic amines is 1. The summed E-state index contributed by atoms with van der Waals surface area (Å²) in [4.78, 5) is 17.2. The monoisotopic (exact) mass is 314 g/mol. The fourth-order valence-corrected chi connectivity index (χ4v) is 3.26. The second kappa shape index (κ2) is 6.16. The van der Waals surface area contributed by atoms with Gasteiger partial charge in [0.2, 0.25) is 0 Å². The maximum atomic E-state index is 12.2. The molecule has 0 spiro atoms. The van der Waals surface area contributed by atoms with Gasteiger partial charge in [0.15, 0.2) is 5.03 Å². The van der Waals surface area contributed by atoms with Gasteiger partial charge in [-0.2, -0.15) is 0 Å². The van der Waals surface area contributed by atoms with Gasteiger partial charge in [-0.1, -0.05) is 11.3 Å². The average Bonchev–Trinajstić information content (AvgIpc) is 2.83. The number of rotatable bonds is 6. The minimum atomic E-state index is -3.74. The Morgan fingerprint density at radius 3 is 2.90 bits per heavy atom. The van der Waals surface area contributed by atoms with Crippen molar-refractivity contribution in [3.8, 4) is 0 Å². The number of H-pyrrole nitrogens is 1. The van der Waals surface area contributed by atoms with Crippen LogP contribution in [-0.4, -0.2) is 24.9 Å². The van der Waals surface area contributed by atoms with Gasteiger partial charge in [-0.25, -0.2) is 18.1 Å². The Morgan fingerprint density at radius 1 is 1.45 bits per heavy atom. The predicted octanol–water partition coefficient (Wildman–Crippen LogP) is 0.742. The van der Waals surface area contributed by atoms with E-state index in [0.29, 0.717) is 17.9 Å². The number of hydrogen-bond acceptors (Lipinski definition) is 6. The quantitative estimate of drug-likeness (QED) is 0.729. The lowest BCUT2D eigenvalue weighted by molar-refractivity contribution is 0.577. The van der Waals surface area contributed by atoms with E-state index in [1.165, 1.54) is 6.20 Å². The molecule has 108 valence electrons. The third-order valence-corrected chi connectivity index (χ3v) is 4.49. The molecule has 3 N–H and O–H groups in total. The number of nitrogens with zero attached hydrogens (tertiary/aromatic N) is 1. The largest absolute Gasteiger partial charge is 0.383 e. The Morgan fingerprint density at radius 2 is 2.25 bits per heavy atom. The van der Waals surface area contributed by atoms with Crippen molar-refractivity contribution in [3.63, 3.8) is 0 Å². The van der Waals surface area contributed by atoms with Crippen LogP contribution in [-0.2, 0) is 16.6 Å². The van der Waals surface area contributed by atoms with Crippen LogP contribution in [0.5, 0.6) is 0 Å². The molecule has 0 aliphatic rings. The van der Waals surface area contributed by atoms with Gasteiger partial charge < -0.3 is 10.3 Å². The van der Waals surface area contributed by atoms with Crippen LogP contribution in [0.2, 0.25) is 0 Å². The molecular weight excluding hydrogens is 300 g/mol. The minimum Gasteiger partial charge on any atom is -0.383 e. The SMILES string of the molecule is CCNc1cccnc1S(=O)(=O)NCc1csc(=O)[nH]1. The van der Waals surface area contributed by atoms with Crippen molar-refractivity contribution < 1.29 is 8.42 Å². The molecule has 7 nitrogen and oxygen atoms in total. The van der Waals surface area contributed by atoms with E-state index in [0.717, 1.165) is 11.3 Å². The molecule has 0 radical (unpaired) electrons. The molecule has 2 rings (SSSR count). The lowest BCUT2D eigenvalue weighted by atomic mass is 10.4. The summed E-state index contributed by atoms with van der Waals surface area (Å²) in [6, 6.07) is 3.31. The molecule has 0 aliphatic carbocycles. The van der Waals surface area contributed by atoms with Gasteiger partial charge in [-0.05, 0) is 19.1 Å². The van der Waals surface area contributed by atoms with Gasteiger partial charge >= 0.3 is 4.87 Å². The molecule has 0 saturated heterocycles. The summed E-state index contributed by atoms with van der Waals surface area (Å²) in [6.45, 7) is 2.47. The highest BCUT2D eigenvalue weighted by Crippen LogP contribution is 2.17. The Balaban J connectivity index is 2.20. The molecule has 0 saturated carbocycles. The van der Waals surface area contributed by atoms with Crippen LogP contribution in [0.25, 0.3) is 0 Å². The van der Waals surface area contributed by atoms with Crippen molar-refractivity contribution in [2.75, 3.05) is 11.9 Å². The van der Waals surface area contributed by atoms with E-state index in [1.807, 2.05) is 6.92 Å². The zero-order chi connectivity index (χ0) is 14.6. The van der Waals surface area contributed by atoms with Crippen molar-refractivity contribution in [1.29, 1.82) is 0 Å². The van der Waals surface area contributed by atoms with Crippen molar-refractivity contribution in [3.05, 3.63) is 39.1 Å². The summed E-state index contributed by atoms with van der Waals surface area (Å²) in [5, 5.41) is 4.47. The van der Waals surface area contributed by atoms with Crippen LogP contribution in [0.1, 0.15) is 12.6 Å². The number of sulfonamides is 1. The molecule has 2 heterocycles. The number of thiazole rings is 1. The Labute approximate surface area is 120 Å². The fraction of sp³-hybridized carbons (Fsp3) is 0.273. The molecule has 0 unspecified atom stereocenters. The molecular formula is C11H14N4O3S2. The molecule has 9 heteroatoms. The van der Waals surface area contributed by atoms with Crippen LogP contribution < -0.4 is 14.9 Å². The lowest BCUT2D eigenvalue weighted by Gasteiger charge is -2.10. The van der Waals surface area contributed by atoms with Gasteiger partial charge in [0.25, 0.3) is 10.0 Å². The van der Waals surface area contributed by atoms with Crippen LogP contribution in [0, 0.1) is 0 Å². The van der Waals surface area contributed by atoms with Gasteiger partial charge in [0.1, 0.15) is 0 Å².